The van der Waals surface area contributed by atoms with Crippen LogP contribution in [0.4, 0.5) is 0 Å². The fourth-order valence-electron chi connectivity index (χ4n) is 3.35. The van der Waals surface area contributed by atoms with Gasteiger partial charge >= 0.3 is 0 Å². The van der Waals surface area contributed by atoms with Crippen molar-refractivity contribution in [1.82, 2.24) is 15.1 Å². The summed E-state index contributed by atoms with van der Waals surface area (Å²) in [7, 11) is 3.72. The normalized spacial score (nSPS) is 17.0. The molecule has 5 nitrogen and oxygen atoms in total. The van der Waals surface area contributed by atoms with Crippen LogP contribution in [-0.4, -0.2) is 61.9 Å². The number of carbonyl (C=O) groups excluding carboxylic acids is 2. The number of likely N-dealkylation sites (N-methyl/N-ethyl adjacent to an activating group) is 2. The Morgan fingerprint density at radius 3 is 2.48 bits per heavy atom. The second-order valence-electron chi connectivity index (χ2n) is 6.83. The molecule has 1 unspecified atom stereocenters. The number of hydrogen-bond acceptors (Lipinski definition) is 3. The third-order valence-electron chi connectivity index (χ3n) is 4.60. The van der Waals surface area contributed by atoms with E-state index >= 15 is 0 Å². The smallest absolute Gasteiger partial charge is 0.253 e. The fraction of sp³-hybridized carbons (Fsp3) is 0.579. The lowest BCUT2D eigenvalue weighted by atomic mass is 9.95. The van der Waals surface area contributed by atoms with E-state index in [1.165, 1.54) is 0 Å². The lowest BCUT2D eigenvalue weighted by Gasteiger charge is -2.34. The van der Waals surface area contributed by atoms with Crippen LogP contribution in [0.2, 0.25) is 0 Å². The summed E-state index contributed by atoms with van der Waals surface area (Å²) in [5, 5.41) is 3.06. The van der Waals surface area contributed by atoms with Crippen LogP contribution in [0.15, 0.2) is 18.2 Å². The van der Waals surface area contributed by atoms with Crippen LogP contribution < -0.4 is 5.32 Å². The van der Waals surface area contributed by atoms with Crippen LogP contribution in [0, 0.1) is 19.8 Å². The van der Waals surface area contributed by atoms with Gasteiger partial charge in [-0.3, -0.25) is 9.59 Å². The second kappa shape index (κ2) is 9.78. The number of amides is 2. The quantitative estimate of drug-likeness (QED) is 0.868. The number of nitrogens with one attached hydrogen (secondary N) is 1. The molecule has 1 saturated heterocycles. The van der Waals surface area contributed by atoms with Crippen LogP contribution in [0.1, 0.15) is 34.3 Å². The van der Waals surface area contributed by atoms with Crippen molar-refractivity contribution in [3.8, 4) is 0 Å². The largest absolute Gasteiger partial charge is 0.344 e. The minimum Gasteiger partial charge on any atom is -0.344 e. The van der Waals surface area contributed by atoms with E-state index in [1.54, 1.807) is 4.90 Å². The Morgan fingerprint density at radius 1 is 1.24 bits per heavy atom. The van der Waals surface area contributed by atoms with Gasteiger partial charge in [0.2, 0.25) is 5.91 Å². The van der Waals surface area contributed by atoms with Crippen molar-refractivity contribution in [3.05, 3.63) is 34.9 Å². The summed E-state index contributed by atoms with van der Waals surface area (Å²) >= 11 is 0. The highest BCUT2D eigenvalue weighted by atomic mass is 35.5. The Kier molecular flexibility index (Phi) is 8.39. The first kappa shape index (κ1) is 21.5. The molecule has 1 aliphatic heterocycles. The highest BCUT2D eigenvalue weighted by Gasteiger charge is 2.30. The number of piperidine rings is 1. The molecule has 0 radical (unpaired) electrons. The Hall–Kier alpha value is -1.59. The van der Waals surface area contributed by atoms with Crippen LogP contribution >= 0.6 is 12.4 Å². The molecule has 1 atom stereocenters. The number of hydrogen-bond donors (Lipinski definition) is 1. The SMILES string of the molecule is CNCCN(C)C(=O)C1CCCN(C(=O)c2cc(C)cc(C)c2)C1.Cl. The van der Waals surface area contributed by atoms with E-state index in [2.05, 4.69) is 11.4 Å². The maximum absolute atomic E-state index is 12.8. The Morgan fingerprint density at radius 2 is 1.88 bits per heavy atom. The second-order valence-corrected chi connectivity index (χ2v) is 6.83. The van der Waals surface area contributed by atoms with Crippen molar-refractivity contribution in [2.75, 3.05) is 40.3 Å². The summed E-state index contributed by atoms with van der Waals surface area (Å²) < 4.78 is 0. The summed E-state index contributed by atoms with van der Waals surface area (Å²) in [6, 6.07) is 5.93. The van der Waals surface area contributed by atoms with Gasteiger partial charge in [0.25, 0.3) is 5.91 Å². The predicted octanol–water partition coefficient (Wildman–Crippen LogP) is 2.26. The number of rotatable bonds is 5. The van der Waals surface area contributed by atoms with Crippen molar-refractivity contribution in [1.29, 1.82) is 0 Å². The highest BCUT2D eigenvalue weighted by molar-refractivity contribution is 5.95. The molecule has 0 aromatic heterocycles. The molecule has 140 valence electrons. The number of aryl methyl sites for hydroxylation is 2. The molecule has 1 N–H and O–H groups in total. The summed E-state index contributed by atoms with van der Waals surface area (Å²) in [4.78, 5) is 29.0. The van der Waals surface area contributed by atoms with E-state index < -0.39 is 0 Å². The molecule has 0 aliphatic carbocycles. The van der Waals surface area contributed by atoms with E-state index in [9.17, 15) is 9.59 Å². The summed E-state index contributed by atoms with van der Waals surface area (Å²) in [6.45, 7) is 6.73. The molecule has 0 bridgehead atoms. The van der Waals surface area contributed by atoms with Crippen molar-refractivity contribution in [2.24, 2.45) is 5.92 Å². The van der Waals surface area contributed by atoms with Crippen molar-refractivity contribution < 1.29 is 9.59 Å². The first-order valence-electron chi connectivity index (χ1n) is 8.69. The Bertz CT molecular complexity index is 586. The van der Waals surface area contributed by atoms with Gasteiger partial charge in [-0.25, -0.2) is 0 Å². The molecule has 1 fully saturated rings. The molecule has 1 aromatic rings. The molecule has 2 amide bonds. The van der Waals surface area contributed by atoms with Gasteiger partial charge in [0.1, 0.15) is 0 Å². The lowest BCUT2D eigenvalue weighted by Crippen LogP contribution is -2.46. The first-order chi connectivity index (χ1) is 11.4. The zero-order valence-corrected chi connectivity index (χ0v) is 16.5. The van der Waals surface area contributed by atoms with E-state index in [1.807, 2.05) is 45.0 Å². The molecular weight excluding hydrogens is 338 g/mol. The molecule has 0 spiro atoms. The van der Waals surface area contributed by atoms with Crippen molar-refractivity contribution in [3.63, 3.8) is 0 Å². The van der Waals surface area contributed by atoms with Gasteiger partial charge < -0.3 is 15.1 Å². The third-order valence-corrected chi connectivity index (χ3v) is 4.60. The van der Waals surface area contributed by atoms with Gasteiger partial charge in [-0.1, -0.05) is 17.2 Å². The molecule has 6 heteroatoms. The number of benzene rings is 1. The highest BCUT2D eigenvalue weighted by Crippen LogP contribution is 2.21. The average molecular weight is 368 g/mol. The van der Waals surface area contributed by atoms with Gasteiger partial charge in [0, 0.05) is 38.8 Å². The van der Waals surface area contributed by atoms with Gasteiger partial charge in [-0.2, -0.15) is 0 Å². The standard InChI is InChI=1S/C19H29N3O2.ClH/c1-14-10-15(2)12-17(11-14)19(24)22-8-5-6-16(13-22)18(23)21(4)9-7-20-3;/h10-12,16,20H,5-9,13H2,1-4H3;1H. The van der Waals surface area contributed by atoms with E-state index in [0.717, 1.165) is 42.6 Å². The fourth-order valence-corrected chi connectivity index (χ4v) is 3.35. The average Bonchev–Trinajstić information content (AvgIpc) is 2.57. The predicted molar refractivity (Wildman–Crippen MR) is 103 cm³/mol. The first-order valence-corrected chi connectivity index (χ1v) is 8.69. The minimum atomic E-state index is -0.0875. The summed E-state index contributed by atoms with van der Waals surface area (Å²) in [5.41, 5.74) is 2.91. The van der Waals surface area contributed by atoms with Crippen LogP contribution in [0.3, 0.4) is 0 Å². The number of nitrogens with zero attached hydrogens (tertiary/aromatic N) is 2. The van der Waals surface area contributed by atoms with Gasteiger partial charge in [0.15, 0.2) is 0 Å². The molecule has 1 heterocycles. The van der Waals surface area contributed by atoms with Crippen LogP contribution in [0.25, 0.3) is 0 Å². The molecule has 1 aliphatic rings. The van der Waals surface area contributed by atoms with Crippen molar-refractivity contribution >= 4 is 24.2 Å². The van der Waals surface area contributed by atoms with E-state index in [4.69, 9.17) is 0 Å². The number of carbonyl (C=O) groups is 2. The molecular formula is C19H30ClN3O2. The van der Waals surface area contributed by atoms with E-state index in [-0.39, 0.29) is 30.1 Å². The monoisotopic (exact) mass is 367 g/mol. The van der Waals surface area contributed by atoms with E-state index in [0.29, 0.717) is 13.1 Å². The number of halogens is 1. The lowest BCUT2D eigenvalue weighted by molar-refractivity contribution is -0.135. The Balaban J connectivity index is 0.00000312. The Labute approximate surface area is 157 Å². The summed E-state index contributed by atoms with van der Waals surface area (Å²) in [5.74, 6) is 0.0933. The molecule has 25 heavy (non-hydrogen) atoms. The van der Waals surface area contributed by atoms with Crippen molar-refractivity contribution in [2.45, 2.75) is 26.7 Å². The van der Waals surface area contributed by atoms with Gasteiger partial charge in [-0.05, 0) is 45.9 Å². The maximum atomic E-state index is 12.8. The summed E-state index contributed by atoms with van der Waals surface area (Å²) in [6.07, 6.45) is 1.74. The molecule has 0 saturated carbocycles. The zero-order chi connectivity index (χ0) is 17.7. The minimum absolute atomic E-state index is 0. The number of likely N-dealkylation sites (tertiary alicyclic amines) is 1. The maximum Gasteiger partial charge on any atom is 0.253 e. The van der Waals surface area contributed by atoms with Gasteiger partial charge in [0.05, 0.1) is 5.92 Å². The van der Waals surface area contributed by atoms with Crippen LogP contribution in [-0.2, 0) is 4.79 Å². The molecule has 1 aromatic carbocycles. The topological polar surface area (TPSA) is 52.7 Å². The zero-order valence-electron chi connectivity index (χ0n) is 15.7. The van der Waals surface area contributed by atoms with Gasteiger partial charge in [-0.15, -0.1) is 12.4 Å². The third kappa shape index (κ3) is 5.72. The van der Waals surface area contributed by atoms with Crippen LogP contribution in [0.5, 0.6) is 0 Å². The molecule has 2 rings (SSSR count).